The Morgan fingerprint density at radius 3 is 2.15 bits per heavy atom. The summed E-state index contributed by atoms with van der Waals surface area (Å²) >= 11 is 0. The number of nitrogens with two attached hydrogens (primary N) is 3. The van der Waals surface area contributed by atoms with Gasteiger partial charge in [0.05, 0.1) is 25.7 Å². The first-order chi connectivity index (χ1) is 18.5. The van der Waals surface area contributed by atoms with Gasteiger partial charge in [-0.25, -0.2) is 10.3 Å². The summed E-state index contributed by atoms with van der Waals surface area (Å²) in [5.74, 6) is -1.66. The molecule has 0 bridgehead atoms. The summed E-state index contributed by atoms with van der Waals surface area (Å²) in [6, 6.07) is 4.80. The molecule has 0 fully saturated rings. The molecule has 2 atom stereocenters. The predicted molar refractivity (Wildman–Crippen MR) is 145 cm³/mol. The van der Waals surface area contributed by atoms with Gasteiger partial charge in [0.15, 0.2) is 0 Å². The molecule has 1 aromatic rings. The number of amides is 6. The Morgan fingerprint density at radius 2 is 1.59 bits per heavy atom. The van der Waals surface area contributed by atoms with E-state index in [0.717, 1.165) is 5.56 Å². The van der Waals surface area contributed by atoms with E-state index in [1.807, 2.05) is 13.8 Å². The lowest BCUT2D eigenvalue weighted by atomic mass is 10.0. The Morgan fingerprint density at radius 1 is 0.974 bits per heavy atom. The Labute approximate surface area is 227 Å². The Balaban J connectivity index is 2.63. The van der Waals surface area contributed by atoms with Gasteiger partial charge in [-0.05, 0) is 43.4 Å². The number of urea groups is 1. The highest BCUT2D eigenvalue weighted by molar-refractivity contribution is 5.97. The Kier molecular flexibility index (Phi) is 14.8. The fraction of sp³-hybridized carbons (Fsp3) is 0.480. The maximum Gasteiger partial charge on any atom is 0.312 e. The fourth-order valence-corrected chi connectivity index (χ4v) is 3.21. The maximum atomic E-state index is 12.7. The zero-order valence-corrected chi connectivity index (χ0v) is 22.5. The van der Waals surface area contributed by atoms with Crippen molar-refractivity contribution < 1.29 is 28.8 Å². The standard InChI is InChI=1S/C25H40N8O6/c1-15(2)20(32-22(35)13-27)11-16(3)23(36)33-39-14-17-6-8-18(9-7-17)30-24(37)19(31-21(34)12-26)5-4-10-29-25(28)38/h6-9,11,15,19-20H,4-5,10,12-14,26-27H2,1-3H3,(H,30,37)(H,31,34)(H,32,35)(H,33,36)(H3,28,29,38)/b16-11+/t19-,20+/m0/s1. The van der Waals surface area contributed by atoms with Crippen LogP contribution in [0.3, 0.4) is 0 Å². The second kappa shape index (κ2) is 17.5. The highest BCUT2D eigenvalue weighted by Crippen LogP contribution is 2.12. The average Bonchev–Trinajstić information content (AvgIpc) is 2.90. The summed E-state index contributed by atoms with van der Waals surface area (Å²) in [6.07, 6.45) is 2.31. The number of benzene rings is 1. The molecule has 0 aromatic heterocycles. The van der Waals surface area contributed by atoms with E-state index >= 15 is 0 Å². The minimum atomic E-state index is -0.857. The van der Waals surface area contributed by atoms with E-state index in [4.69, 9.17) is 22.0 Å². The van der Waals surface area contributed by atoms with Crippen LogP contribution in [0.15, 0.2) is 35.9 Å². The third-order valence-corrected chi connectivity index (χ3v) is 5.45. The van der Waals surface area contributed by atoms with E-state index in [2.05, 4.69) is 26.7 Å². The summed E-state index contributed by atoms with van der Waals surface area (Å²) in [4.78, 5) is 64.5. The third-order valence-electron chi connectivity index (χ3n) is 5.45. The molecule has 0 aliphatic heterocycles. The van der Waals surface area contributed by atoms with Crippen LogP contribution in [0.4, 0.5) is 10.5 Å². The van der Waals surface area contributed by atoms with E-state index in [1.54, 1.807) is 37.3 Å². The van der Waals surface area contributed by atoms with E-state index in [-0.39, 0.29) is 50.5 Å². The first-order valence-corrected chi connectivity index (χ1v) is 12.5. The minimum Gasteiger partial charge on any atom is -0.352 e. The highest BCUT2D eigenvalue weighted by atomic mass is 16.6. The molecule has 0 heterocycles. The van der Waals surface area contributed by atoms with Crippen LogP contribution in [-0.2, 0) is 30.6 Å². The minimum absolute atomic E-state index is 0.0502. The molecule has 14 heteroatoms. The number of carbonyl (C=O) groups excluding carboxylic acids is 5. The molecule has 0 aliphatic carbocycles. The average molecular weight is 549 g/mol. The van der Waals surface area contributed by atoms with Gasteiger partial charge in [0, 0.05) is 17.8 Å². The number of anilines is 1. The molecule has 0 radical (unpaired) electrons. The van der Waals surface area contributed by atoms with Crippen molar-refractivity contribution in [1.82, 2.24) is 21.4 Å². The van der Waals surface area contributed by atoms with Crippen molar-refractivity contribution in [3.63, 3.8) is 0 Å². The lowest BCUT2D eigenvalue weighted by molar-refractivity contribution is -0.130. The monoisotopic (exact) mass is 548 g/mol. The first kappa shape index (κ1) is 33.0. The van der Waals surface area contributed by atoms with Crippen LogP contribution in [0.2, 0.25) is 0 Å². The van der Waals surface area contributed by atoms with Gasteiger partial charge in [0.2, 0.25) is 17.7 Å². The number of nitrogens with one attached hydrogen (secondary N) is 5. The summed E-state index contributed by atoms with van der Waals surface area (Å²) in [5, 5.41) is 10.4. The fourth-order valence-electron chi connectivity index (χ4n) is 3.21. The van der Waals surface area contributed by atoms with Crippen molar-refractivity contribution in [3.8, 4) is 0 Å². The predicted octanol–water partition coefficient (Wildman–Crippen LogP) is -0.889. The summed E-state index contributed by atoms with van der Waals surface area (Å²) in [5.41, 5.74) is 19.6. The van der Waals surface area contributed by atoms with Gasteiger partial charge in [-0.1, -0.05) is 32.1 Å². The number of hydrogen-bond donors (Lipinski definition) is 8. The van der Waals surface area contributed by atoms with Crippen molar-refractivity contribution in [1.29, 1.82) is 0 Å². The van der Waals surface area contributed by atoms with Gasteiger partial charge in [0.25, 0.3) is 5.91 Å². The highest BCUT2D eigenvalue weighted by Gasteiger charge is 2.20. The van der Waals surface area contributed by atoms with Crippen LogP contribution >= 0.6 is 0 Å². The van der Waals surface area contributed by atoms with Gasteiger partial charge >= 0.3 is 6.03 Å². The van der Waals surface area contributed by atoms with Crippen LogP contribution < -0.4 is 43.9 Å². The second-order valence-electron chi connectivity index (χ2n) is 9.05. The maximum absolute atomic E-state index is 12.7. The molecule has 39 heavy (non-hydrogen) atoms. The number of hydrogen-bond acceptors (Lipinski definition) is 8. The molecule has 14 nitrogen and oxygen atoms in total. The first-order valence-electron chi connectivity index (χ1n) is 12.5. The van der Waals surface area contributed by atoms with Gasteiger partial charge in [0.1, 0.15) is 6.04 Å². The van der Waals surface area contributed by atoms with Gasteiger partial charge in [-0.2, -0.15) is 0 Å². The van der Waals surface area contributed by atoms with Gasteiger partial charge in [-0.15, -0.1) is 0 Å². The molecule has 0 unspecified atom stereocenters. The molecule has 0 spiro atoms. The molecule has 6 amide bonds. The number of primary amides is 1. The summed E-state index contributed by atoms with van der Waals surface area (Å²) in [6.45, 7) is 5.33. The second-order valence-corrected chi connectivity index (χ2v) is 9.05. The van der Waals surface area contributed by atoms with Crippen LogP contribution in [0.1, 0.15) is 39.2 Å². The molecule has 216 valence electrons. The third kappa shape index (κ3) is 13.4. The number of rotatable bonds is 16. The normalized spacial score (nSPS) is 12.7. The lowest BCUT2D eigenvalue weighted by Crippen LogP contribution is -2.46. The topological polar surface area (TPSA) is 233 Å². The van der Waals surface area contributed by atoms with E-state index in [0.29, 0.717) is 17.7 Å². The largest absolute Gasteiger partial charge is 0.352 e. The van der Waals surface area contributed by atoms with Crippen molar-refractivity contribution in [2.45, 2.75) is 52.3 Å². The zero-order valence-electron chi connectivity index (χ0n) is 22.5. The van der Waals surface area contributed by atoms with Gasteiger partial charge in [-0.3, -0.25) is 24.0 Å². The van der Waals surface area contributed by atoms with Crippen LogP contribution in [0, 0.1) is 5.92 Å². The van der Waals surface area contributed by atoms with Crippen molar-refractivity contribution in [3.05, 3.63) is 41.5 Å². The van der Waals surface area contributed by atoms with Crippen molar-refractivity contribution in [2.24, 2.45) is 23.1 Å². The Bertz CT molecular complexity index is 1010. The van der Waals surface area contributed by atoms with Gasteiger partial charge < -0.3 is 38.5 Å². The SMILES string of the molecule is C/C(=C\[C@@H](NC(=O)CN)C(C)C)C(=O)NOCc1ccc(NC(=O)[C@H](CCCNC(N)=O)NC(=O)CN)cc1. The van der Waals surface area contributed by atoms with Crippen LogP contribution in [-0.4, -0.2) is 61.4 Å². The Hall–Kier alpha value is -4.01. The summed E-state index contributed by atoms with van der Waals surface area (Å²) in [7, 11) is 0. The van der Waals surface area contributed by atoms with Crippen molar-refractivity contribution >= 4 is 35.3 Å². The molecular formula is C25H40N8O6. The number of hydroxylamine groups is 1. The quantitative estimate of drug-likeness (QED) is 0.0731. The summed E-state index contributed by atoms with van der Waals surface area (Å²) < 4.78 is 0. The molecule has 0 aliphatic rings. The molecule has 11 N–H and O–H groups in total. The van der Waals surface area contributed by atoms with Crippen LogP contribution in [0.25, 0.3) is 0 Å². The van der Waals surface area contributed by atoms with E-state index in [1.165, 1.54) is 0 Å². The number of carbonyl (C=O) groups is 5. The molecule has 0 saturated heterocycles. The molecular weight excluding hydrogens is 508 g/mol. The molecule has 1 rings (SSSR count). The van der Waals surface area contributed by atoms with E-state index < -0.39 is 29.8 Å². The zero-order chi connectivity index (χ0) is 29.4. The smallest absolute Gasteiger partial charge is 0.312 e. The molecule has 0 saturated carbocycles. The van der Waals surface area contributed by atoms with Crippen molar-refractivity contribution in [2.75, 3.05) is 25.0 Å². The van der Waals surface area contributed by atoms with Crippen LogP contribution in [0.5, 0.6) is 0 Å². The molecule has 1 aromatic carbocycles. The lowest BCUT2D eigenvalue weighted by Gasteiger charge is -2.19. The van der Waals surface area contributed by atoms with E-state index in [9.17, 15) is 24.0 Å².